The molecular weight excluding hydrogens is 198 g/mol. The molecule has 1 N–H and O–H groups in total. The van der Waals surface area contributed by atoms with Gasteiger partial charge in [-0.05, 0) is 11.4 Å². The first kappa shape index (κ1) is 9.21. The summed E-state index contributed by atoms with van der Waals surface area (Å²) in [4.78, 5) is 5.40. The fraction of sp³-hybridized carbons (Fsp3) is 0.333. The Morgan fingerprint density at radius 2 is 2.50 bits per heavy atom. The SMILES string of the molecule is CCc1noc(NCc2cccs2)n1. The molecule has 0 bridgehead atoms. The zero-order valence-electron chi connectivity index (χ0n) is 7.86. The van der Waals surface area contributed by atoms with Crippen molar-refractivity contribution in [3.05, 3.63) is 28.2 Å². The van der Waals surface area contributed by atoms with Gasteiger partial charge >= 0.3 is 6.01 Å². The van der Waals surface area contributed by atoms with Crippen LogP contribution in [0.4, 0.5) is 6.01 Å². The second-order valence-electron chi connectivity index (χ2n) is 2.80. The molecule has 14 heavy (non-hydrogen) atoms. The van der Waals surface area contributed by atoms with Gasteiger partial charge in [-0.1, -0.05) is 18.1 Å². The van der Waals surface area contributed by atoms with Gasteiger partial charge in [0.25, 0.3) is 0 Å². The molecule has 0 aromatic carbocycles. The van der Waals surface area contributed by atoms with E-state index in [1.807, 2.05) is 18.4 Å². The van der Waals surface area contributed by atoms with Gasteiger partial charge in [-0.25, -0.2) is 0 Å². The van der Waals surface area contributed by atoms with Crippen LogP contribution in [0.5, 0.6) is 0 Å². The maximum absolute atomic E-state index is 4.99. The summed E-state index contributed by atoms with van der Waals surface area (Å²) in [6.45, 7) is 2.73. The quantitative estimate of drug-likeness (QED) is 0.839. The molecule has 0 unspecified atom stereocenters. The van der Waals surface area contributed by atoms with Crippen molar-refractivity contribution in [1.29, 1.82) is 0 Å². The second kappa shape index (κ2) is 4.23. The van der Waals surface area contributed by atoms with Crippen molar-refractivity contribution in [2.24, 2.45) is 0 Å². The first-order chi connectivity index (χ1) is 6.88. The number of nitrogens with one attached hydrogen (secondary N) is 1. The predicted octanol–water partition coefficient (Wildman–Crippen LogP) is 2.31. The van der Waals surface area contributed by atoms with E-state index in [0.717, 1.165) is 18.8 Å². The molecule has 0 saturated carbocycles. The van der Waals surface area contributed by atoms with Crippen LogP contribution < -0.4 is 5.32 Å². The van der Waals surface area contributed by atoms with Crippen molar-refractivity contribution < 1.29 is 4.52 Å². The van der Waals surface area contributed by atoms with Gasteiger partial charge in [-0.3, -0.25) is 0 Å². The monoisotopic (exact) mass is 209 g/mol. The zero-order chi connectivity index (χ0) is 9.80. The highest BCUT2D eigenvalue weighted by Crippen LogP contribution is 2.11. The molecular formula is C9H11N3OS. The lowest BCUT2D eigenvalue weighted by Gasteiger charge is -1.95. The highest BCUT2D eigenvalue weighted by atomic mass is 32.1. The Morgan fingerprint density at radius 3 is 3.14 bits per heavy atom. The molecule has 0 fully saturated rings. The van der Waals surface area contributed by atoms with Gasteiger partial charge in [0.05, 0.1) is 6.54 Å². The minimum absolute atomic E-state index is 0.496. The number of nitrogens with zero attached hydrogens (tertiary/aromatic N) is 2. The van der Waals surface area contributed by atoms with Crippen molar-refractivity contribution >= 4 is 17.4 Å². The van der Waals surface area contributed by atoms with Crippen molar-refractivity contribution in [3.8, 4) is 0 Å². The van der Waals surface area contributed by atoms with Crippen molar-refractivity contribution in [1.82, 2.24) is 10.1 Å². The Labute approximate surface area is 86.0 Å². The molecule has 0 aliphatic heterocycles. The number of thiophene rings is 1. The average molecular weight is 209 g/mol. The number of anilines is 1. The lowest BCUT2D eigenvalue weighted by atomic mass is 10.5. The number of hydrogen-bond acceptors (Lipinski definition) is 5. The van der Waals surface area contributed by atoms with E-state index < -0.39 is 0 Å². The predicted molar refractivity (Wildman–Crippen MR) is 55.3 cm³/mol. The minimum Gasteiger partial charge on any atom is -0.333 e. The van der Waals surface area contributed by atoms with E-state index in [0.29, 0.717) is 6.01 Å². The molecule has 2 heterocycles. The van der Waals surface area contributed by atoms with Crippen LogP contribution in [-0.2, 0) is 13.0 Å². The summed E-state index contributed by atoms with van der Waals surface area (Å²) < 4.78 is 4.99. The molecule has 5 heteroatoms. The third-order valence-corrected chi connectivity index (χ3v) is 2.65. The largest absolute Gasteiger partial charge is 0.333 e. The van der Waals surface area contributed by atoms with E-state index in [-0.39, 0.29) is 0 Å². The van der Waals surface area contributed by atoms with Crippen LogP contribution >= 0.6 is 11.3 Å². The highest BCUT2D eigenvalue weighted by Gasteiger charge is 2.03. The summed E-state index contributed by atoms with van der Waals surface area (Å²) in [6, 6.07) is 4.58. The van der Waals surface area contributed by atoms with E-state index in [1.165, 1.54) is 4.88 Å². The fourth-order valence-electron chi connectivity index (χ4n) is 1.05. The smallest absolute Gasteiger partial charge is 0.321 e. The Bertz CT molecular complexity index is 382. The van der Waals surface area contributed by atoms with Gasteiger partial charge in [0.2, 0.25) is 0 Å². The third kappa shape index (κ3) is 2.11. The van der Waals surface area contributed by atoms with Crippen LogP contribution in [0.25, 0.3) is 0 Å². The van der Waals surface area contributed by atoms with Crippen LogP contribution in [0, 0.1) is 0 Å². The summed E-state index contributed by atoms with van der Waals surface area (Å²) in [6.07, 6.45) is 0.796. The summed E-state index contributed by atoms with van der Waals surface area (Å²) in [7, 11) is 0. The Kier molecular flexibility index (Phi) is 2.78. The van der Waals surface area contributed by atoms with Crippen molar-refractivity contribution in [2.45, 2.75) is 19.9 Å². The van der Waals surface area contributed by atoms with Crippen molar-refractivity contribution in [2.75, 3.05) is 5.32 Å². The first-order valence-electron chi connectivity index (χ1n) is 4.47. The number of aromatic nitrogens is 2. The molecule has 0 aliphatic carbocycles. The molecule has 2 aromatic heterocycles. The van der Waals surface area contributed by atoms with Gasteiger partial charge in [0, 0.05) is 11.3 Å². The molecule has 2 rings (SSSR count). The Balaban J connectivity index is 1.92. The summed E-state index contributed by atoms with van der Waals surface area (Å²) in [5.74, 6) is 0.735. The highest BCUT2D eigenvalue weighted by molar-refractivity contribution is 7.09. The van der Waals surface area contributed by atoms with Crippen LogP contribution in [0.15, 0.2) is 22.0 Å². The summed E-state index contributed by atoms with van der Waals surface area (Å²) in [5, 5.41) is 8.91. The van der Waals surface area contributed by atoms with Crippen LogP contribution in [0.3, 0.4) is 0 Å². The number of aryl methyl sites for hydroxylation is 1. The standard InChI is InChI=1S/C9H11N3OS/c1-2-8-11-9(13-12-8)10-6-7-4-3-5-14-7/h3-5H,2,6H2,1H3,(H,10,11,12). The fourth-order valence-corrected chi connectivity index (χ4v) is 1.69. The summed E-state index contributed by atoms with van der Waals surface area (Å²) >= 11 is 1.70. The molecule has 74 valence electrons. The molecule has 2 aromatic rings. The second-order valence-corrected chi connectivity index (χ2v) is 3.83. The molecule has 4 nitrogen and oxygen atoms in total. The van der Waals surface area contributed by atoms with Crippen LogP contribution in [0.2, 0.25) is 0 Å². The maximum atomic E-state index is 4.99. The molecule has 0 amide bonds. The molecule has 0 atom stereocenters. The van der Waals surface area contributed by atoms with Gasteiger partial charge in [-0.15, -0.1) is 11.3 Å². The van der Waals surface area contributed by atoms with Gasteiger partial charge < -0.3 is 9.84 Å². The van der Waals surface area contributed by atoms with Gasteiger partial charge in [0.1, 0.15) is 0 Å². The van der Waals surface area contributed by atoms with E-state index in [2.05, 4.69) is 21.5 Å². The Morgan fingerprint density at radius 1 is 1.57 bits per heavy atom. The topological polar surface area (TPSA) is 51.0 Å². The van der Waals surface area contributed by atoms with Crippen molar-refractivity contribution in [3.63, 3.8) is 0 Å². The lowest BCUT2D eigenvalue weighted by molar-refractivity contribution is 0.423. The zero-order valence-corrected chi connectivity index (χ0v) is 8.67. The molecule has 0 radical (unpaired) electrons. The van der Waals surface area contributed by atoms with E-state index >= 15 is 0 Å². The number of rotatable bonds is 4. The van der Waals surface area contributed by atoms with E-state index in [1.54, 1.807) is 11.3 Å². The average Bonchev–Trinajstić information content (AvgIpc) is 2.86. The lowest BCUT2D eigenvalue weighted by Crippen LogP contribution is -1.97. The first-order valence-corrected chi connectivity index (χ1v) is 5.35. The minimum atomic E-state index is 0.496. The molecule has 0 saturated heterocycles. The molecule has 0 spiro atoms. The summed E-state index contributed by atoms with van der Waals surface area (Å²) in [5.41, 5.74) is 0. The Hall–Kier alpha value is -1.36. The van der Waals surface area contributed by atoms with Gasteiger partial charge in [-0.2, -0.15) is 4.98 Å². The van der Waals surface area contributed by atoms with Crippen LogP contribution in [0.1, 0.15) is 17.6 Å². The molecule has 0 aliphatic rings. The van der Waals surface area contributed by atoms with Gasteiger partial charge in [0.15, 0.2) is 5.82 Å². The normalized spacial score (nSPS) is 10.4. The van der Waals surface area contributed by atoms with Crippen LogP contribution in [-0.4, -0.2) is 10.1 Å². The maximum Gasteiger partial charge on any atom is 0.321 e. The third-order valence-electron chi connectivity index (χ3n) is 1.78. The van der Waals surface area contributed by atoms with E-state index in [9.17, 15) is 0 Å². The number of hydrogen-bond donors (Lipinski definition) is 1. The van der Waals surface area contributed by atoms with E-state index in [4.69, 9.17) is 4.52 Å².